The summed E-state index contributed by atoms with van der Waals surface area (Å²) >= 11 is 9.72. The average molecular weight is 328 g/mol. The predicted molar refractivity (Wildman–Crippen MR) is 78.0 cm³/mol. The van der Waals surface area contributed by atoms with Crippen LogP contribution in [0.1, 0.15) is 21.5 Å². The zero-order valence-corrected chi connectivity index (χ0v) is 12.3. The van der Waals surface area contributed by atoms with Crippen LogP contribution in [0.4, 0.5) is 4.39 Å². The van der Waals surface area contributed by atoms with Gasteiger partial charge in [-0.2, -0.15) is 0 Å². The summed E-state index contributed by atoms with van der Waals surface area (Å²) in [5.41, 5.74) is 2.77. The molecule has 0 nitrogen and oxygen atoms in total. The third-order valence-electron chi connectivity index (χ3n) is 2.87. The number of halogens is 3. The standard InChI is InChI=1S/C15H13BrClF/c1-10-7-12(14(17)9-15(10)18)13(16)8-11-5-3-2-4-6-11/h2-7,9,13H,8H2,1H3. The van der Waals surface area contributed by atoms with Crippen molar-refractivity contribution in [1.29, 1.82) is 0 Å². The number of aryl methyl sites for hydroxylation is 1. The van der Waals surface area contributed by atoms with Gasteiger partial charge in [-0.3, -0.25) is 0 Å². The van der Waals surface area contributed by atoms with E-state index < -0.39 is 0 Å². The number of hydrogen-bond acceptors (Lipinski definition) is 0. The molecule has 0 saturated carbocycles. The minimum absolute atomic E-state index is 0.0895. The van der Waals surface area contributed by atoms with E-state index in [1.54, 1.807) is 13.0 Å². The number of hydrogen-bond donors (Lipinski definition) is 0. The monoisotopic (exact) mass is 326 g/mol. The van der Waals surface area contributed by atoms with Crippen molar-refractivity contribution in [3.8, 4) is 0 Å². The van der Waals surface area contributed by atoms with Gasteiger partial charge >= 0.3 is 0 Å². The van der Waals surface area contributed by atoms with Gasteiger partial charge in [0.05, 0.1) is 0 Å². The quantitative estimate of drug-likeness (QED) is 0.656. The van der Waals surface area contributed by atoms with Crippen molar-refractivity contribution in [2.45, 2.75) is 18.2 Å². The number of benzene rings is 2. The lowest BCUT2D eigenvalue weighted by atomic mass is 10.0. The second kappa shape index (κ2) is 5.85. The fourth-order valence-electron chi connectivity index (χ4n) is 1.85. The SMILES string of the molecule is Cc1cc(C(Br)Cc2ccccc2)c(Cl)cc1F. The highest BCUT2D eigenvalue weighted by Gasteiger charge is 2.14. The van der Waals surface area contributed by atoms with E-state index in [0.29, 0.717) is 10.6 Å². The molecule has 1 unspecified atom stereocenters. The van der Waals surface area contributed by atoms with Crippen LogP contribution in [0.5, 0.6) is 0 Å². The highest BCUT2D eigenvalue weighted by atomic mass is 79.9. The molecule has 18 heavy (non-hydrogen) atoms. The van der Waals surface area contributed by atoms with Crippen LogP contribution in [0.15, 0.2) is 42.5 Å². The van der Waals surface area contributed by atoms with Crippen LogP contribution in [0, 0.1) is 12.7 Å². The number of rotatable bonds is 3. The summed E-state index contributed by atoms with van der Waals surface area (Å²) in [6.07, 6.45) is 0.825. The summed E-state index contributed by atoms with van der Waals surface area (Å²) in [5.74, 6) is -0.261. The van der Waals surface area contributed by atoms with Crippen molar-refractivity contribution < 1.29 is 4.39 Å². The van der Waals surface area contributed by atoms with Gasteiger partial charge in [0.1, 0.15) is 5.82 Å². The van der Waals surface area contributed by atoms with Crippen LogP contribution in [0.3, 0.4) is 0 Å². The Morgan fingerprint density at radius 3 is 2.56 bits per heavy atom. The fourth-order valence-corrected chi connectivity index (χ4v) is 3.02. The Balaban J connectivity index is 2.24. The van der Waals surface area contributed by atoms with Gasteiger partial charge in [-0.05, 0) is 36.1 Å². The summed E-state index contributed by atoms with van der Waals surface area (Å²) in [7, 11) is 0. The third kappa shape index (κ3) is 3.12. The minimum atomic E-state index is -0.261. The molecule has 1 atom stereocenters. The normalized spacial score (nSPS) is 12.4. The van der Waals surface area contributed by atoms with E-state index in [1.165, 1.54) is 11.6 Å². The Morgan fingerprint density at radius 1 is 1.22 bits per heavy atom. The van der Waals surface area contributed by atoms with Crippen LogP contribution in [0.2, 0.25) is 5.02 Å². The molecule has 0 saturated heterocycles. The molecular weight excluding hydrogens is 315 g/mol. The van der Waals surface area contributed by atoms with Gasteiger partial charge < -0.3 is 0 Å². The first-order valence-corrected chi connectivity index (χ1v) is 7.01. The molecule has 0 aromatic heterocycles. The third-order valence-corrected chi connectivity index (χ3v) is 4.02. The van der Waals surface area contributed by atoms with Crippen molar-refractivity contribution in [1.82, 2.24) is 0 Å². The second-order valence-corrected chi connectivity index (χ2v) is 5.79. The second-order valence-electron chi connectivity index (χ2n) is 4.28. The van der Waals surface area contributed by atoms with E-state index in [9.17, 15) is 4.39 Å². The van der Waals surface area contributed by atoms with Gasteiger partial charge in [-0.1, -0.05) is 63.9 Å². The molecule has 0 fully saturated rings. The summed E-state index contributed by atoms with van der Waals surface area (Å²) in [6, 6.07) is 13.3. The molecule has 0 radical (unpaired) electrons. The molecule has 0 aliphatic heterocycles. The van der Waals surface area contributed by atoms with E-state index in [2.05, 4.69) is 28.1 Å². The van der Waals surface area contributed by atoms with Gasteiger partial charge in [0, 0.05) is 9.85 Å². The maximum atomic E-state index is 13.4. The van der Waals surface area contributed by atoms with Crippen LogP contribution < -0.4 is 0 Å². The molecule has 0 spiro atoms. The molecule has 2 rings (SSSR count). The zero-order chi connectivity index (χ0) is 13.1. The summed E-state index contributed by atoms with van der Waals surface area (Å²) < 4.78 is 13.4. The molecular formula is C15H13BrClF. The van der Waals surface area contributed by atoms with E-state index in [1.807, 2.05) is 18.2 Å². The van der Waals surface area contributed by atoms with E-state index in [0.717, 1.165) is 12.0 Å². The lowest BCUT2D eigenvalue weighted by Crippen LogP contribution is -1.98. The molecule has 94 valence electrons. The van der Waals surface area contributed by atoms with Gasteiger partial charge in [-0.15, -0.1) is 0 Å². The molecule has 2 aromatic carbocycles. The molecule has 2 aromatic rings. The molecule has 0 heterocycles. The van der Waals surface area contributed by atoms with Crippen LogP contribution >= 0.6 is 27.5 Å². The van der Waals surface area contributed by atoms with Crippen molar-refractivity contribution in [3.63, 3.8) is 0 Å². The van der Waals surface area contributed by atoms with Crippen molar-refractivity contribution >= 4 is 27.5 Å². The van der Waals surface area contributed by atoms with Crippen LogP contribution in [0.25, 0.3) is 0 Å². The Labute approximate surface area is 120 Å². The molecule has 0 bridgehead atoms. The Morgan fingerprint density at radius 2 is 1.89 bits per heavy atom. The van der Waals surface area contributed by atoms with Crippen molar-refractivity contribution in [3.05, 3.63) is 70.0 Å². The Kier molecular flexibility index (Phi) is 4.41. The molecule has 0 aliphatic rings. The molecule has 3 heteroatoms. The van der Waals surface area contributed by atoms with E-state index in [4.69, 9.17) is 11.6 Å². The molecule has 0 aliphatic carbocycles. The summed E-state index contributed by atoms with van der Waals surface area (Å²) in [6.45, 7) is 1.75. The maximum absolute atomic E-state index is 13.4. The largest absolute Gasteiger partial charge is 0.207 e. The lowest BCUT2D eigenvalue weighted by Gasteiger charge is -2.13. The minimum Gasteiger partial charge on any atom is -0.207 e. The number of alkyl halides is 1. The van der Waals surface area contributed by atoms with Gasteiger partial charge in [-0.25, -0.2) is 4.39 Å². The van der Waals surface area contributed by atoms with Crippen molar-refractivity contribution in [2.75, 3.05) is 0 Å². The highest BCUT2D eigenvalue weighted by Crippen LogP contribution is 2.33. The topological polar surface area (TPSA) is 0 Å². The average Bonchev–Trinajstić information content (AvgIpc) is 2.35. The van der Waals surface area contributed by atoms with Gasteiger partial charge in [0.2, 0.25) is 0 Å². The zero-order valence-electron chi connectivity index (χ0n) is 9.96. The fraction of sp³-hybridized carbons (Fsp3) is 0.200. The first-order chi connectivity index (χ1) is 8.58. The molecule has 0 N–H and O–H groups in total. The molecule has 0 amide bonds. The van der Waals surface area contributed by atoms with Gasteiger partial charge in [0.15, 0.2) is 0 Å². The van der Waals surface area contributed by atoms with Crippen molar-refractivity contribution in [2.24, 2.45) is 0 Å². The predicted octanol–water partition coefficient (Wildman–Crippen LogP) is 5.47. The Bertz CT molecular complexity index is 540. The lowest BCUT2D eigenvalue weighted by molar-refractivity contribution is 0.617. The highest BCUT2D eigenvalue weighted by molar-refractivity contribution is 9.09. The summed E-state index contributed by atoms with van der Waals surface area (Å²) in [4.78, 5) is 0.0895. The Hall–Kier alpha value is -0.860. The first kappa shape index (κ1) is 13.6. The van der Waals surface area contributed by atoms with Gasteiger partial charge in [0.25, 0.3) is 0 Å². The first-order valence-electron chi connectivity index (χ1n) is 5.71. The van der Waals surface area contributed by atoms with E-state index in [-0.39, 0.29) is 10.6 Å². The van der Waals surface area contributed by atoms with E-state index >= 15 is 0 Å². The summed E-state index contributed by atoms with van der Waals surface area (Å²) in [5, 5.41) is 0.468. The smallest absolute Gasteiger partial charge is 0.127 e. The van der Waals surface area contributed by atoms with Crippen LogP contribution in [-0.2, 0) is 6.42 Å². The maximum Gasteiger partial charge on any atom is 0.127 e. The van der Waals surface area contributed by atoms with Crippen LogP contribution in [-0.4, -0.2) is 0 Å².